The molecular weight excluding hydrogens is 197 g/mol. The first kappa shape index (κ1) is 9.14. The van der Waals surface area contributed by atoms with E-state index >= 15 is 0 Å². The fraction of sp³-hybridized carbons (Fsp3) is 0. The number of hydrogen-bond donors (Lipinski definition) is 1. The second-order valence-electron chi connectivity index (χ2n) is 1.52. The van der Waals surface area contributed by atoms with Crippen LogP contribution < -0.4 is 0 Å². The monoisotopic (exact) mass is 203 g/mol. The number of nitrogens with zero attached hydrogens (tertiary/aromatic N) is 1. The Morgan fingerprint density at radius 3 is 2.50 bits per heavy atom. The van der Waals surface area contributed by atoms with Crippen molar-refractivity contribution in [2.75, 3.05) is 0 Å². The number of rotatable bonds is 1. The molecular formula is C6H5NO2Se. The summed E-state index contributed by atoms with van der Waals surface area (Å²) in [4.78, 5) is 13.7. The van der Waals surface area contributed by atoms with E-state index in [1.54, 1.807) is 12.1 Å². The van der Waals surface area contributed by atoms with E-state index in [1.165, 1.54) is 12.3 Å². The third-order valence-electron chi connectivity index (χ3n) is 0.884. The third-order valence-corrected chi connectivity index (χ3v) is 0.884. The molecule has 10 heavy (non-hydrogen) atoms. The summed E-state index contributed by atoms with van der Waals surface area (Å²) in [6, 6.07) is 4.76. The third kappa shape index (κ3) is 2.17. The molecule has 0 aromatic carbocycles. The van der Waals surface area contributed by atoms with E-state index in [9.17, 15) is 4.79 Å². The van der Waals surface area contributed by atoms with Crippen molar-refractivity contribution in [2.45, 2.75) is 0 Å². The molecule has 0 saturated heterocycles. The largest absolute Gasteiger partial charge is 0.477 e. The van der Waals surface area contributed by atoms with Gasteiger partial charge < -0.3 is 5.11 Å². The van der Waals surface area contributed by atoms with E-state index < -0.39 is 5.97 Å². The van der Waals surface area contributed by atoms with E-state index in [0.717, 1.165) is 0 Å². The van der Waals surface area contributed by atoms with Crippen LogP contribution >= 0.6 is 0 Å². The van der Waals surface area contributed by atoms with E-state index in [1.807, 2.05) is 0 Å². The van der Waals surface area contributed by atoms with Gasteiger partial charge in [0.25, 0.3) is 0 Å². The molecule has 1 N–H and O–H groups in total. The number of pyridine rings is 1. The van der Waals surface area contributed by atoms with Gasteiger partial charge in [0.2, 0.25) is 0 Å². The molecule has 1 aromatic rings. The summed E-state index contributed by atoms with van der Waals surface area (Å²) in [5.41, 5.74) is 0.0810. The molecule has 3 nitrogen and oxygen atoms in total. The van der Waals surface area contributed by atoms with Gasteiger partial charge in [-0.3, -0.25) is 0 Å². The van der Waals surface area contributed by atoms with E-state index in [0.29, 0.717) is 0 Å². The van der Waals surface area contributed by atoms with Crippen molar-refractivity contribution in [2.24, 2.45) is 0 Å². The molecule has 1 aromatic heterocycles. The van der Waals surface area contributed by atoms with Crippen molar-refractivity contribution in [1.29, 1.82) is 0 Å². The van der Waals surface area contributed by atoms with Crippen molar-refractivity contribution in [1.82, 2.24) is 4.98 Å². The molecule has 2 radical (unpaired) electrons. The van der Waals surface area contributed by atoms with Crippen molar-refractivity contribution in [3.63, 3.8) is 0 Å². The minimum absolute atomic E-state index is 0. The Bertz CT molecular complexity index is 212. The molecule has 0 spiro atoms. The van der Waals surface area contributed by atoms with Crippen LogP contribution in [0, 0.1) is 0 Å². The van der Waals surface area contributed by atoms with Crippen molar-refractivity contribution in [3.05, 3.63) is 30.1 Å². The number of aromatic carboxylic acids is 1. The summed E-state index contributed by atoms with van der Waals surface area (Å²) in [7, 11) is 0. The van der Waals surface area contributed by atoms with Crippen LogP contribution in [0.15, 0.2) is 24.4 Å². The Balaban J connectivity index is 0.000000810. The number of hydrogen-bond acceptors (Lipinski definition) is 2. The molecule has 0 bridgehead atoms. The van der Waals surface area contributed by atoms with Gasteiger partial charge >= 0.3 is 5.97 Å². The van der Waals surface area contributed by atoms with Crippen LogP contribution in [0.5, 0.6) is 0 Å². The number of carboxylic acid groups (broad SMARTS) is 1. The van der Waals surface area contributed by atoms with Gasteiger partial charge in [-0.15, -0.1) is 0 Å². The van der Waals surface area contributed by atoms with Gasteiger partial charge in [-0.25, -0.2) is 9.78 Å². The Kier molecular flexibility index (Phi) is 3.69. The molecule has 0 atom stereocenters. The smallest absolute Gasteiger partial charge is 0.354 e. The van der Waals surface area contributed by atoms with Crippen LogP contribution in [-0.2, 0) is 0 Å². The Morgan fingerprint density at radius 2 is 2.20 bits per heavy atom. The summed E-state index contributed by atoms with van der Waals surface area (Å²) < 4.78 is 0. The summed E-state index contributed by atoms with van der Waals surface area (Å²) >= 11 is 0. The van der Waals surface area contributed by atoms with Crippen LogP contribution in [0.1, 0.15) is 10.5 Å². The fourth-order valence-electron chi connectivity index (χ4n) is 0.489. The molecule has 0 saturated carbocycles. The zero-order valence-electron chi connectivity index (χ0n) is 5.02. The quantitative estimate of drug-likeness (QED) is 0.670. The number of carboxylic acids is 1. The maximum Gasteiger partial charge on any atom is 0.354 e. The SMILES string of the molecule is O=C(O)c1ccccn1.[Se]. The summed E-state index contributed by atoms with van der Waals surface area (Å²) in [6.45, 7) is 0. The normalized spacial score (nSPS) is 8.00. The van der Waals surface area contributed by atoms with Crippen LogP contribution in [0.2, 0.25) is 0 Å². The topological polar surface area (TPSA) is 50.2 Å². The molecule has 0 aliphatic heterocycles. The van der Waals surface area contributed by atoms with Gasteiger partial charge in [0, 0.05) is 23.3 Å². The van der Waals surface area contributed by atoms with E-state index in [4.69, 9.17) is 5.11 Å². The maximum atomic E-state index is 10.1. The van der Waals surface area contributed by atoms with Crippen LogP contribution in [0.3, 0.4) is 0 Å². The van der Waals surface area contributed by atoms with Gasteiger partial charge in [-0.2, -0.15) is 0 Å². The zero-order valence-corrected chi connectivity index (χ0v) is 6.73. The molecule has 1 heterocycles. The first-order chi connectivity index (χ1) is 4.30. The predicted octanol–water partition coefficient (Wildman–Crippen LogP) is 0.399. The van der Waals surface area contributed by atoms with Crippen LogP contribution in [-0.4, -0.2) is 33.1 Å². The van der Waals surface area contributed by atoms with E-state index in [2.05, 4.69) is 4.98 Å². The molecule has 0 aliphatic carbocycles. The summed E-state index contributed by atoms with van der Waals surface area (Å²) in [6.07, 6.45) is 1.45. The predicted molar refractivity (Wildman–Crippen MR) is 37.0 cm³/mol. The number of aromatic nitrogens is 1. The molecule has 4 heteroatoms. The van der Waals surface area contributed by atoms with Gasteiger partial charge in [0.15, 0.2) is 0 Å². The van der Waals surface area contributed by atoms with Crippen LogP contribution in [0.4, 0.5) is 0 Å². The van der Waals surface area contributed by atoms with Crippen molar-refractivity contribution >= 4 is 23.0 Å². The molecule has 52 valence electrons. The van der Waals surface area contributed by atoms with Crippen LogP contribution in [0.25, 0.3) is 0 Å². The van der Waals surface area contributed by atoms with Gasteiger partial charge in [0.05, 0.1) is 0 Å². The fourth-order valence-corrected chi connectivity index (χ4v) is 0.489. The minimum atomic E-state index is -0.990. The van der Waals surface area contributed by atoms with Gasteiger partial charge in [-0.1, -0.05) is 6.07 Å². The molecule has 0 fully saturated rings. The Morgan fingerprint density at radius 1 is 1.50 bits per heavy atom. The minimum Gasteiger partial charge on any atom is -0.477 e. The number of carbonyl (C=O) groups is 1. The molecule has 1 rings (SSSR count). The summed E-state index contributed by atoms with van der Waals surface area (Å²) in [5, 5.41) is 8.32. The standard InChI is InChI=1S/C6H5NO2.Se/c8-6(9)5-3-1-2-4-7-5;/h1-4H,(H,8,9);. The van der Waals surface area contributed by atoms with Crippen molar-refractivity contribution < 1.29 is 9.90 Å². The first-order valence-electron chi connectivity index (χ1n) is 2.45. The molecule has 0 amide bonds. The Hall–Kier alpha value is -0.861. The second kappa shape index (κ2) is 4.04. The maximum absolute atomic E-state index is 10.1. The average Bonchev–Trinajstić information content (AvgIpc) is 1.90. The molecule has 0 aliphatic rings. The second-order valence-corrected chi connectivity index (χ2v) is 1.52. The Labute approximate surface area is 68.6 Å². The average molecular weight is 202 g/mol. The first-order valence-corrected chi connectivity index (χ1v) is 2.45. The zero-order chi connectivity index (χ0) is 6.69. The molecule has 0 unspecified atom stereocenters. The van der Waals surface area contributed by atoms with Gasteiger partial charge in [-0.05, 0) is 12.1 Å². The van der Waals surface area contributed by atoms with E-state index in [-0.39, 0.29) is 22.8 Å². The summed E-state index contributed by atoms with van der Waals surface area (Å²) in [5.74, 6) is -0.990. The van der Waals surface area contributed by atoms with Crippen molar-refractivity contribution in [3.8, 4) is 0 Å². The van der Waals surface area contributed by atoms with Gasteiger partial charge in [0.1, 0.15) is 5.69 Å².